The van der Waals surface area contributed by atoms with Crippen LogP contribution < -0.4 is 9.47 Å². The summed E-state index contributed by atoms with van der Waals surface area (Å²) in [6, 6.07) is 8.28. The third-order valence-corrected chi connectivity index (χ3v) is 5.34. The summed E-state index contributed by atoms with van der Waals surface area (Å²) >= 11 is 1.59. The van der Waals surface area contributed by atoms with E-state index < -0.39 is 0 Å². The predicted octanol–water partition coefficient (Wildman–Crippen LogP) is 3.68. The van der Waals surface area contributed by atoms with Crippen LogP contribution >= 0.6 is 11.3 Å². The van der Waals surface area contributed by atoms with Crippen LogP contribution in [0.5, 0.6) is 11.5 Å². The maximum Gasteiger partial charge on any atom is 0.232 e. The van der Waals surface area contributed by atoms with Gasteiger partial charge in [-0.3, -0.25) is 9.69 Å². The summed E-state index contributed by atoms with van der Waals surface area (Å²) in [4.78, 5) is 15.9. The fourth-order valence-corrected chi connectivity index (χ4v) is 3.80. The van der Waals surface area contributed by atoms with Crippen LogP contribution in [0.15, 0.2) is 35.4 Å². The van der Waals surface area contributed by atoms with Crippen molar-refractivity contribution < 1.29 is 14.3 Å². The van der Waals surface area contributed by atoms with E-state index in [0.29, 0.717) is 29.8 Å². The number of carbonyl (C=O) groups is 1. The number of ether oxygens (including phenoxy) is 2. The van der Waals surface area contributed by atoms with Crippen molar-refractivity contribution >= 4 is 23.2 Å². The van der Waals surface area contributed by atoms with Crippen molar-refractivity contribution in [1.82, 2.24) is 4.90 Å². The molecule has 0 N–H and O–H groups in total. The van der Waals surface area contributed by atoms with Gasteiger partial charge in [0, 0.05) is 23.5 Å². The molecule has 1 aromatic heterocycles. The van der Waals surface area contributed by atoms with Crippen molar-refractivity contribution in [3.63, 3.8) is 0 Å². The van der Waals surface area contributed by atoms with Crippen molar-refractivity contribution in [3.05, 3.63) is 51.4 Å². The minimum atomic E-state index is -0.0419. The predicted molar refractivity (Wildman–Crippen MR) is 87.8 cm³/mol. The Hall–Kier alpha value is -2.11. The number of rotatable bonds is 2. The fraction of sp³-hybridized carbons (Fsp3) is 0.278. The molecule has 23 heavy (non-hydrogen) atoms. The first kappa shape index (κ1) is 13.3. The van der Waals surface area contributed by atoms with Gasteiger partial charge in [0.2, 0.25) is 5.78 Å². The largest absolute Gasteiger partial charge is 0.478 e. The SMILES string of the molecule is O=C1/C(=C/c2cccs2)Oc2c1ccc1c2CN(C2CC2)CO1. The molecule has 1 saturated carbocycles. The quantitative estimate of drug-likeness (QED) is 0.790. The Morgan fingerprint density at radius 3 is 2.96 bits per heavy atom. The number of carbonyl (C=O) groups excluding carboxylic acids is 1. The van der Waals surface area contributed by atoms with Crippen molar-refractivity contribution in [2.75, 3.05) is 6.73 Å². The summed E-state index contributed by atoms with van der Waals surface area (Å²) in [5, 5.41) is 1.99. The molecule has 0 unspecified atom stereocenters. The zero-order valence-electron chi connectivity index (χ0n) is 12.5. The summed E-state index contributed by atoms with van der Waals surface area (Å²) in [5.41, 5.74) is 1.65. The molecular weight excluding hydrogens is 310 g/mol. The summed E-state index contributed by atoms with van der Waals surface area (Å²) in [7, 11) is 0. The van der Waals surface area contributed by atoms with E-state index in [-0.39, 0.29) is 5.78 Å². The van der Waals surface area contributed by atoms with E-state index in [9.17, 15) is 4.79 Å². The number of hydrogen-bond acceptors (Lipinski definition) is 5. The molecule has 0 atom stereocenters. The van der Waals surface area contributed by atoms with Gasteiger partial charge in [-0.25, -0.2) is 0 Å². The van der Waals surface area contributed by atoms with Crippen LogP contribution in [0.4, 0.5) is 0 Å². The molecule has 5 rings (SSSR count). The number of ketones is 1. The van der Waals surface area contributed by atoms with Crippen molar-refractivity contribution in [2.24, 2.45) is 0 Å². The molecule has 0 amide bonds. The van der Waals surface area contributed by atoms with E-state index in [1.54, 1.807) is 11.3 Å². The molecule has 3 aliphatic rings. The molecule has 1 aromatic carbocycles. The van der Waals surface area contributed by atoms with Crippen LogP contribution in [0, 0.1) is 0 Å². The minimum absolute atomic E-state index is 0.0419. The van der Waals surface area contributed by atoms with Crippen molar-refractivity contribution in [2.45, 2.75) is 25.4 Å². The zero-order chi connectivity index (χ0) is 15.4. The first-order chi connectivity index (χ1) is 11.3. The highest BCUT2D eigenvalue weighted by molar-refractivity contribution is 7.10. The summed E-state index contributed by atoms with van der Waals surface area (Å²) < 4.78 is 11.8. The first-order valence-corrected chi connectivity index (χ1v) is 8.68. The molecule has 5 heteroatoms. The van der Waals surface area contributed by atoms with Crippen LogP contribution in [0.2, 0.25) is 0 Å². The number of Topliss-reactive ketones (excluding diaryl/α,β-unsaturated/α-hetero) is 1. The highest BCUT2D eigenvalue weighted by Gasteiger charge is 2.37. The Morgan fingerprint density at radius 2 is 2.17 bits per heavy atom. The summed E-state index contributed by atoms with van der Waals surface area (Å²) in [6.45, 7) is 1.42. The van der Waals surface area contributed by atoms with Gasteiger partial charge in [-0.2, -0.15) is 0 Å². The summed E-state index contributed by atoms with van der Waals surface area (Å²) in [5.74, 6) is 1.88. The van der Waals surface area contributed by atoms with Gasteiger partial charge in [0.05, 0.1) is 11.1 Å². The lowest BCUT2D eigenvalue weighted by atomic mass is 10.0. The average molecular weight is 325 g/mol. The van der Waals surface area contributed by atoms with E-state index in [1.165, 1.54) is 12.8 Å². The number of hydrogen-bond donors (Lipinski definition) is 0. The molecule has 2 aromatic rings. The van der Waals surface area contributed by atoms with Crippen LogP contribution in [0.1, 0.15) is 33.6 Å². The van der Waals surface area contributed by atoms with E-state index in [2.05, 4.69) is 4.90 Å². The average Bonchev–Trinajstić information content (AvgIpc) is 3.21. The van der Waals surface area contributed by atoms with Gasteiger partial charge in [-0.15, -0.1) is 11.3 Å². The minimum Gasteiger partial charge on any atom is -0.478 e. The number of thiophene rings is 1. The fourth-order valence-electron chi connectivity index (χ4n) is 3.15. The Bertz CT molecular complexity index is 821. The van der Waals surface area contributed by atoms with E-state index in [0.717, 1.165) is 22.7 Å². The number of nitrogens with zero attached hydrogens (tertiary/aromatic N) is 1. The zero-order valence-corrected chi connectivity index (χ0v) is 13.3. The summed E-state index contributed by atoms with van der Waals surface area (Å²) in [6.07, 6.45) is 4.29. The van der Waals surface area contributed by atoms with Crippen LogP contribution in [0.25, 0.3) is 6.08 Å². The van der Waals surface area contributed by atoms with Gasteiger partial charge in [-0.05, 0) is 36.4 Å². The van der Waals surface area contributed by atoms with Gasteiger partial charge in [0.25, 0.3) is 0 Å². The molecule has 0 saturated heterocycles. The van der Waals surface area contributed by atoms with Crippen LogP contribution in [0.3, 0.4) is 0 Å². The molecule has 0 bridgehead atoms. The lowest BCUT2D eigenvalue weighted by Gasteiger charge is -2.29. The van der Waals surface area contributed by atoms with Gasteiger partial charge < -0.3 is 9.47 Å². The van der Waals surface area contributed by atoms with Gasteiger partial charge in [-0.1, -0.05) is 6.07 Å². The molecule has 3 heterocycles. The highest BCUT2D eigenvalue weighted by Crippen LogP contribution is 2.43. The Labute approximate surface area is 137 Å². The lowest BCUT2D eigenvalue weighted by Crippen LogP contribution is -2.33. The topological polar surface area (TPSA) is 38.8 Å². The van der Waals surface area contributed by atoms with Crippen molar-refractivity contribution in [3.8, 4) is 11.5 Å². The van der Waals surface area contributed by atoms with Crippen molar-refractivity contribution in [1.29, 1.82) is 0 Å². The second kappa shape index (κ2) is 4.94. The molecule has 4 nitrogen and oxygen atoms in total. The van der Waals surface area contributed by atoms with Gasteiger partial charge in [0.15, 0.2) is 5.76 Å². The normalized spacial score (nSPS) is 21.7. The third-order valence-electron chi connectivity index (χ3n) is 4.52. The van der Waals surface area contributed by atoms with Crippen LogP contribution in [-0.4, -0.2) is 23.5 Å². The second-order valence-corrected chi connectivity index (χ2v) is 7.10. The first-order valence-electron chi connectivity index (χ1n) is 7.80. The Kier molecular flexibility index (Phi) is 2.87. The Balaban J connectivity index is 1.53. The molecule has 2 aliphatic heterocycles. The molecule has 0 spiro atoms. The Morgan fingerprint density at radius 1 is 1.26 bits per heavy atom. The van der Waals surface area contributed by atoms with Gasteiger partial charge in [0.1, 0.15) is 18.2 Å². The second-order valence-electron chi connectivity index (χ2n) is 6.13. The number of allylic oxidation sites excluding steroid dienone is 1. The van der Waals surface area contributed by atoms with E-state index in [1.807, 2.05) is 35.7 Å². The van der Waals surface area contributed by atoms with Crippen LogP contribution in [-0.2, 0) is 6.54 Å². The molecule has 1 fully saturated rings. The van der Waals surface area contributed by atoms with Gasteiger partial charge >= 0.3 is 0 Å². The van der Waals surface area contributed by atoms with E-state index >= 15 is 0 Å². The third kappa shape index (κ3) is 2.19. The monoisotopic (exact) mass is 325 g/mol. The molecular formula is C18H15NO3S. The van der Waals surface area contributed by atoms with E-state index in [4.69, 9.17) is 9.47 Å². The molecule has 0 radical (unpaired) electrons. The molecule has 116 valence electrons. The maximum atomic E-state index is 12.6. The number of fused-ring (bicyclic) bond motifs is 3. The lowest BCUT2D eigenvalue weighted by molar-refractivity contribution is 0.0868. The smallest absolute Gasteiger partial charge is 0.232 e. The maximum absolute atomic E-state index is 12.6. The molecule has 1 aliphatic carbocycles. The number of benzene rings is 1. The highest BCUT2D eigenvalue weighted by atomic mass is 32.1. The standard InChI is InChI=1S/C18H15NO3S/c20-17-13-5-6-15-14(9-19(10-21-15)11-3-4-11)18(13)22-16(17)8-12-2-1-7-23-12/h1-2,5-8,11H,3-4,9-10H2/b16-8-.